The Morgan fingerprint density at radius 2 is 1.46 bits per heavy atom. The van der Waals surface area contributed by atoms with E-state index < -0.39 is 0 Å². The third-order valence-corrected chi connectivity index (χ3v) is 3.12. The molecule has 0 aromatic rings. The minimum absolute atomic E-state index is 0.148. The number of isothiocyanates is 2. The topological polar surface area (TPSA) is 24.7 Å². The Hall–Kier alpha value is -0.0500. The minimum atomic E-state index is 0.148. The molecule has 2 atom stereocenters. The Labute approximate surface area is 93.9 Å². The van der Waals surface area contributed by atoms with Crippen LogP contribution < -0.4 is 0 Å². The van der Waals surface area contributed by atoms with E-state index in [4.69, 9.17) is 0 Å². The summed E-state index contributed by atoms with van der Waals surface area (Å²) in [5.74, 6) is 0. The molecule has 0 aliphatic carbocycles. The highest BCUT2D eigenvalue weighted by atomic mass is 32.2. The van der Waals surface area contributed by atoms with Gasteiger partial charge in [-0.25, -0.2) is 9.98 Å². The SMILES string of the molecule is CCC(N=C=S)SC(CC)N=C=S. The molecule has 0 spiro atoms. The quantitative estimate of drug-likeness (QED) is 0.518. The molecular formula is C8H12N2S3. The van der Waals surface area contributed by atoms with Crippen molar-refractivity contribution in [1.82, 2.24) is 0 Å². The summed E-state index contributed by atoms with van der Waals surface area (Å²) in [5, 5.41) is 5.07. The fourth-order valence-electron chi connectivity index (χ4n) is 0.735. The summed E-state index contributed by atoms with van der Waals surface area (Å²) in [4.78, 5) is 8.04. The van der Waals surface area contributed by atoms with Gasteiger partial charge in [-0.1, -0.05) is 13.8 Å². The van der Waals surface area contributed by atoms with Crippen molar-refractivity contribution in [2.75, 3.05) is 0 Å². The van der Waals surface area contributed by atoms with Crippen molar-refractivity contribution in [2.24, 2.45) is 9.98 Å². The lowest BCUT2D eigenvalue weighted by molar-refractivity contribution is 0.830. The number of aliphatic imine (C=N–C) groups is 2. The molecule has 0 rings (SSSR count). The van der Waals surface area contributed by atoms with E-state index in [0.29, 0.717) is 0 Å². The minimum Gasteiger partial charge on any atom is -0.218 e. The molecule has 0 fully saturated rings. The van der Waals surface area contributed by atoms with E-state index in [1.54, 1.807) is 11.8 Å². The highest BCUT2D eigenvalue weighted by molar-refractivity contribution is 8.00. The lowest BCUT2D eigenvalue weighted by atomic mass is 10.5. The molecule has 0 aromatic heterocycles. The number of thioether (sulfide) groups is 1. The first-order valence-corrected chi connectivity index (χ1v) is 5.83. The Bertz CT molecular complexity index is 206. The summed E-state index contributed by atoms with van der Waals surface area (Å²) in [6, 6.07) is 0. The van der Waals surface area contributed by atoms with Gasteiger partial charge in [-0.2, -0.15) is 0 Å². The standard InChI is InChI=1S/C8H12N2S3/c1-3-7(9-5-11)13-8(4-2)10-6-12/h7-8H,3-4H2,1-2H3. The van der Waals surface area contributed by atoms with Crippen molar-refractivity contribution < 1.29 is 0 Å². The zero-order chi connectivity index (χ0) is 10.1. The highest BCUT2D eigenvalue weighted by Crippen LogP contribution is 2.24. The molecule has 0 amide bonds. The Kier molecular flexibility index (Phi) is 8.51. The summed E-state index contributed by atoms with van der Waals surface area (Å²) < 4.78 is 0. The van der Waals surface area contributed by atoms with Gasteiger partial charge in [0.25, 0.3) is 0 Å². The van der Waals surface area contributed by atoms with E-state index >= 15 is 0 Å². The Balaban J connectivity index is 4.17. The number of nitrogens with zero attached hydrogens (tertiary/aromatic N) is 2. The van der Waals surface area contributed by atoms with E-state index in [1.165, 1.54) is 0 Å². The van der Waals surface area contributed by atoms with E-state index in [0.717, 1.165) is 12.8 Å². The van der Waals surface area contributed by atoms with Crippen LogP contribution in [0.4, 0.5) is 0 Å². The van der Waals surface area contributed by atoms with Gasteiger partial charge in [-0.3, -0.25) is 0 Å². The summed E-state index contributed by atoms with van der Waals surface area (Å²) in [6.45, 7) is 4.11. The van der Waals surface area contributed by atoms with Crippen LogP contribution in [-0.2, 0) is 0 Å². The molecule has 13 heavy (non-hydrogen) atoms. The van der Waals surface area contributed by atoms with Gasteiger partial charge in [-0.05, 0) is 37.3 Å². The van der Waals surface area contributed by atoms with Crippen LogP contribution in [0.2, 0.25) is 0 Å². The monoisotopic (exact) mass is 232 g/mol. The Morgan fingerprint density at radius 1 is 1.08 bits per heavy atom. The molecule has 0 aromatic carbocycles. The van der Waals surface area contributed by atoms with Crippen LogP contribution >= 0.6 is 36.2 Å². The molecule has 0 heterocycles. The van der Waals surface area contributed by atoms with Crippen molar-refractivity contribution in [2.45, 2.75) is 37.4 Å². The lowest BCUT2D eigenvalue weighted by Gasteiger charge is -2.12. The summed E-state index contributed by atoms with van der Waals surface area (Å²) in [7, 11) is 0. The molecular weight excluding hydrogens is 220 g/mol. The first-order valence-electron chi connectivity index (χ1n) is 4.07. The second-order valence-corrected chi connectivity index (χ2v) is 4.03. The first kappa shape index (κ1) is 12.9. The number of thiocarbonyl (C=S) groups is 2. The summed E-state index contributed by atoms with van der Waals surface area (Å²) in [6.07, 6.45) is 1.86. The number of rotatable bonds is 6. The molecule has 0 saturated heterocycles. The van der Waals surface area contributed by atoms with Gasteiger partial charge in [0, 0.05) is 0 Å². The molecule has 0 N–H and O–H groups in total. The van der Waals surface area contributed by atoms with Gasteiger partial charge in [0.05, 0.1) is 10.3 Å². The van der Waals surface area contributed by atoms with Gasteiger partial charge < -0.3 is 0 Å². The molecule has 0 bridgehead atoms. The average molecular weight is 232 g/mol. The van der Waals surface area contributed by atoms with Gasteiger partial charge in [0.1, 0.15) is 10.7 Å². The van der Waals surface area contributed by atoms with E-state index in [9.17, 15) is 0 Å². The maximum Gasteiger partial charge on any atom is 0.107 e. The van der Waals surface area contributed by atoms with Crippen LogP contribution in [0.5, 0.6) is 0 Å². The molecule has 72 valence electrons. The van der Waals surface area contributed by atoms with Crippen molar-refractivity contribution in [1.29, 1.82) is 0 Å². The van der Waals surface area contributed by atoms with Crippen molar-refractivity contribution >= 4 is 46.5 Å². The second-order valence-electron chi connectivity index (χ2n) is 2.30. The van der Waals surface area contributed by atoms with Gasteiger partial charge >= 0.3 is 0 Å². The molecule has 2 nitrogen and oxygen atoms in total. The number of hydrogen-bond donors (Lipinski definition) is 0. The normalized spacial score (nSPS) is 13.7. The predicted molar refractivity (Wildman–Crippen MR) is 65.8 cm³/mol. The molecule has 0 aliphatic rings. The fourth-order valence-corrected chi connectivity index (χ4v) is 2.10. The third-order valence-electron chi connectivity index (χ3n) is 1.41. The van der Waals surface area contributed by atoms with Gasteiger partial charge in [0.2, 0.25) is 0 Å². The van der Waals surface area contributed by atoms with Crippen LogP contribution in [0.25, 0.3) is 0 Å². The fraction of sp³-hybridized carbons (Fsp3) is 0.750. The third kappa shape index (κ3) is 6.08. The second kappa shape index (κ2) is 8.54. The van der Waals surface area contributed by atoms with Crippen LogP contribution in [0.3, 0.4) is 0 Å². The zero-order valence-electron chi connectivity index (χ0n) is 7.69. The first-order chi connectivity index (χ1) is 6.28. The van der Waals surface area contributed by atoms with E-state index in [2.05, 4.69) is 58.6 Å². The van der Waals surface area contributed by atoms with Gasteiger partial charge in [-0.15, -0.1) is 11.8 Å². The summed E-state index contributed by atoms with van der Waals surface area (Å²) in [5.41, 5.74) is 0. The number of hydrogen-bond acceptors (Lipinski definition) is 5. The Morgan fingerprint density at radius 3 is 1.69 bits per heavy atom. The molecule has 5 heteroatoms. The molecule has 2 unspecified atom stereocenters. The predicted octanol–water partition coefficient (Wildman–Crippen LogP) is 3.40. The molecule has 0 saturated carbocycles. The van der Waals surface area contributed by atoms with E-state index in [-0.39, 0.29) is 10.7 Å². The molecule has 0 aliphatic heterocycles. The molecule has 0 radical (unpaired) electrons. The van der Waals surface area contributed by atoms with Crippen molar-refractivity contribution in [3.05, 3.63) is 0 Å². The maximum absolute atomic E-state index is 4.55. The lowest BCUT2D eigenvalue weighted by Crippen LogP contribution is -2.05. The zero-order valence-corrected chi connectivity index (χ0v) is 10.1. The largest absolute Gasteiger partial charge is 0.218 e. The van der Waals surface area contributed by atoms with Crippen molar-refractivity contribution in [3.63, 3.8) is 0 Å². The maximum atomic E-state index is 4.55. The van der Waals surface area contributed by atoms with Crippen LogP contribution in [0, 0.1) is 0 Å². The van der Waals surface area contributed by atoms with Crippen molar-refractivity contribution in [3.8, 4) is 0 Å². The van der Waals surface area contributed by atoms with E-state index in [1.807, 2.05) is 0 Å². The van der Waals surface area contributed by atoms with Gasteiger partial charge in [0.15, 0.2) is 0 Å². The summed E-state index contributed by atoms with van der Waals surface area (Å²) >= 11 is 10.8. The average Bonchev–Trinajstić information content (AvgIpc) is 2.16. The smallest absolute Gasteiger partial charge is 0.107 e. The van der Waals surface area contributed by atoms with Crippen LogP contribution in [0.15, 0.2) is 9.98 Å². The highest BCUT2D eigenvalue weighted by Gasteiger charge is 2.11. The van der Waals surface area contributed by atoms with Crippen LogP contribution in [0.1, 0.15) is 26.7 Å². The van der Waals surface area contributed by atoms with Crippen LogP contribution in [-0.4, -0.2) is 21.1 Å².